The largest absolute Gasteiger partial charge is 0.469 e. The average Bonchev–Trinajstić information content (AvgIpc) is 3.12. The van der Waals surface area contributed by atoms with Crippen LogP contribution in [0.3, 0.4) is 0 Å². The molecule has 1 fully saturated rings. The molecule has 104 valence electrons. The van der Waals surface area contributed by atoms with Crippen LogP contribution >= 0.6 is 11.3 Å². The molecular weight excluding hydrogens is 274 g/mol. The van der Waals surface area contributed by atoms with Crippen molar-refractivity contribution in [1.82, 2.24) is 4.90 Å². The van der Waals surface area contributed by atoms with E-state index in [-0.39, 0.29) is 17.8 Å². The van der Waals surface area contributed by atoms with Crippen LogP contribution in [-0.4, -0.2) is 37.0 Å². The van der Waals surface area contributed by atoms with Crippen molar-refractivity contribution < 1.29 is 14.3 Å². The fourth-order valence-electron chi connectivity index (χ4n) is 2.55. The zero-order chi connectivity index (χ0) is 14.1. The van der Waals surface area contributed by atoms with Crippen molar-refractivity contribution in [2.24, 2.45) is 5.92 Å². The molecular formula is C15H15NO3S. The van der Waals surface area contributed by atoms with Crippen molar-refractivity contribution in [1.29, 1.82) is 0 Å². The number of likely N-dealkylation sites (tertiary alicyclic amines) is 1. The van der Waals surface area contributed by atoms with Crippen LogP contribution in [0.15, 0.2) is 30.3 Å². The van der Waals surface area contributed by atoms with E-state index in [1.54, 1.807) is 4.90 Å². The summed E-state index contributed by atoms with van der Waals surface area (Å²) in [6, 6.07) is 9.87. The predicted octanol–water partition coefficient (Wildman–Crippen LogP) is 2.54. The zero-order valence-electron chi connectivity index (χ0n) is 11.2. The van der Waals surface area contributed by atoms with Gasteiger partial charge in [-0.2, -0.15) is 0 Å². The second kappa shape index (κ2) is 5.25. The topological polar surface area (TPSA) is 46.6 Å². The van der Waals surface area contributed by atoms with Gasteiger partial charge in [-0.05, 0) is 23.9 Å². The minimum atomic E-state index is -0.225. The molecule has 0 spiro atoms. The van der Waals surface area contributed by atoms with E-state index in [2.05, 4.69) is 0 Å². The molecule has 1 saturated heterocycles. The zero-order valence-corrected chi connectivity index (χ0v) is 12.0. The second-order valence-electron chi connectivity index (χ2n) is 4.91. The van der Waals surface area contributed by atoms with Gasteiger partial charge in [0.15, 0.2) is 0 Å². The molecule has 20 heavy (non-hydrogen) atoms. The van der Waals surface area contributed by atoms with Crippen LogP contribution in [0, 0.1) is 5.92 Å². The van der Waals surface area contributed by atoms with Gasteiger partial charge < -0.3 is 9.64 Å². The Bertz CT molecular complexity index is 631. The van der Waals surface area contributed by atoms with Gasteiger partial charge in [0.1, 0.15) is 0 Å². The summed E-state index contributed by atoms with van der Waals surface area (Å²) in [5.74, 6) is -0.396. The van der Waals surface area contributed by atoms with Gasteiger partial charge in [-0.3, -0.25) is 9.59 Å². The first-order valence-corrected chi connectivity index (χ1v) is 7.36. The Balaban J connectivity index is 1.78. The molecule has 1 aromatic heterocycles. The fraction of sp³-hybridized carbons (Fsp3) is 0.333. The van der Waals surface area contributed by atoms with Crippen molar-refractivity contribution in [3.05, 3.63) is 35.2 Å². The minimum absolute atomic E-state index is 0.0117. The minimum Gasteiger partial charge on any atom is -0.469 e. The highest BCUT2D eigenvalue weighted by molar-refractivity contribution is 7.20. The van der Waals surface area contributed by atoms with Crippen LogP contribution in [-0.2, 0) is 9.53 Å². The van der Waals surface area contributed by atoms with E-state index in [1.807, 2.05) is 30.3 Å². The Hall–Kier alpha value is -1.88. The third kappa shape index (κ3) is 2.29. The first kappa shape index (κ1) is 13.1. The lowest BCUT2D eigenvalue weighted by Gasteiger charge is -2.14. The lowest BCUT2D eigenvalue weighted by Crippen LogP contribution is -2.29. The maximum absolute atomic E-state index is 12.5. The molecule has 2 heterocycles. The molecule has 0 radical (unpaired) electrons. The number of thiophene rings is 1. The highest BCUT2D eigenvalue weighted by Gasteiger charge is 2.32. The summed E-state index contributed by atoms with van der Waals surface area (Å²) in [6.07, 6.45) is 0.684. The molecule has 1 aliphatic rings. The van der Waals surface area contributed by atoms with Gasteiger partial charge in [0.05, 0.1) is 17.9 Å². The summed E-state index contributed by atoms with van der Waals surface area (Å²) < 4.78 is 5.85. The molecule has 0 N–H and O–H groups in total. The molecule has 5 heteroatoms. The monoisotopic (exact) mass is 289 g/mol. The Morgan fingerprint density at radius 2 is 2.15 bits per heavy atom. The predicted molar refractivity (Wildman–Crippen MR) is 77.9 cm³/mol. The van der Waals surface area contributed by atoms with Gasteiger partial charge in [0, 0.05) is 17.8 Å². The summed E-state index contributed by atoms with van der Waals surface area (Å²) in [7, 11) is 1.39. The Morgan fingerprint density at radius 1 is 1.35 bits per heavy atom. The number of carbonyl (C=O) groups is 2. The van der Waals surface area contributed by atoms with Crippen molar-refractivity contribution in [3.63, 3.8) is 0 Å². The number of ether oxygens (including phenoxy) is 1. The molecule has 4 nitrogen and oxygen atoms in total. The number of methoxy groups -OCH3 is 1. The van der Waals surface area contributed by atoms with Crippen LogP contribution in [0.2, 0.25) is 0 Å². The summed E-state index contributed by atoms with van der Waals surface area (Å²) in [4.78, 5) is 26.4. The number of fused-ring (bicyclic) bond motifs is 1. The van der Waals surface area contributed by atoms with Crippen molar-refractivity contribution in [2.75, 3.05) is 20.2 Å². The quantitative estimate of drug-likeness (QED) is 0.798. The van der Waals surface area contributed by atoms with Crippen LogP contribution in [0.25, 0.3) is 10.1 Å². The number of esters is 1. The van der Waals surface area contributed by atoms with Crippen molar-refractivity contribution in [2.45, 2.75) is 6.42 Å². The molecule has 0 saturated carbocycles. The van der Waals surface area contributed by atoms with E-state index in [9.17, 15) is 9.59 Å². The summed E-state index contributed by atoms with van der Waals surface area (Å²) in [5, 5.41) is 1.09. The lowest BCUT2D eigenvalue weighted by atomic mass is 10.1. The van der Waals surface area contributed by atoms with E-state index in [1.165, 1.54) is 18.4 Å². The molecule has 1 aromatic carbocycles. The first-order chi connectivity index (χ1) is 9.69. The molecule has 1 aliphatic heterocycles. The van der Waals surface area contributed by atoms with Crippen LogP contribution in [0.5, 0.6) is 0 Å². The van der Waals surface area contributed by atoms with E-state index in [0.717, 1.165) is 15.0 Å². The lowest BCUT2D eigenvalue weighted by molar-refractivity contribution is -0.144. The van der Waals surface area contributed by atoms with Gasteiger partial charge in [-0.25, -0.2) is 0 Å². The number of benzene rings is 1. The summed E-state index contributed by atoms with van der Waals surface area (Å²) >= 11 is 1.50. The molecule has 0 bridgehead atoms. The van der Waals surface area contributed by atoms with Gasteiger partial charge in [-0.15, -0.1) is 11.3 Å². The smallest absolute Gasteiger partial charge is 0.310 e. The SMILES string of the molecule is COC(=O)C1CCN(C(=O)c2cc3ccccc3s2)C1. The van der Waals surface area contributed by atoms with E-state index >= 15 is 0 Å². The van der Waals surface area contributed by atoms with Gasteiger partial charge in [0.2, 0.25) is 0 Å². The van der Waals surface area contributed by atoms with Gasteiger partial charge in [-0.1, -0.05) is 18.2 Å². The molecule has 1 amide bonds. The molecule has 2 aromatic rings. The highest BCUT2D eigenvalue weighted by atomic mass is 32.1. The maximum Gasteiger partial charge on any atom is 0.310 e. The summed E-state index contributed by atoms with van der Waals surface area (Å²) in [6.45, 7) is 1.08. The van der Waals surface area contributed by atoms with Gasteiger partial charge in [0.25, 0.3) is 5.91 Å². The Morgan fingerprint density at radius 3 is 2.90 bits per heavy atom. The maximum atomic E-state index is 12.5. The van der Waals surface area contributed by atoms with E-state index in [4.69, 9.17) is 4.74 Å². The number of amides is 1. The second-order valence-corrected chi connectivity index (χ2v) is 5.99. The Labute approximate surface area is 120 Å². The van der Waals surface area contributed by atoms with Crippen LogP contribution in [0.4, 0.5) is 0 Å². The third-order valence-electron chi connectivity index (χ3n) is 3.65. The average molecular weight is 289 g/mol. The first-order valence-electron chi connectivity index (χ1n) is 6.54. The van der Waals surface area contributed by atoms with Gasteiger partial charge >= 0.3 is 5.97 Å². The Kier molecular flexibility index (Phi) is 3.44. The van der Waals surface area contributed by atoms with Crippen molar-refractivity contribution in [3.8, 4) is 0 Å². The van der Waals surface area contributed by atoms with E-state index < -0.39 is 0 Å². The molecule has 0 aliphatic carbocycles. The third-order valence-corrected chi connectivity index (χ3v) is 4.75. The number of carbonyl (C=O) groups excluding carboxylic acids is 2. The summed E-state index contributed by atoms with van der Waals surface area (Å²) in [5.41, 5.74) is 0. The van der Waals surface area contributed by atoms with E-state index in [0.29, 0.717) is 19.5 Å². The number of hydrogen-bond donors (Lipinski definition) is 0. The highest BCUT2D eigenvalue weighted by Crippen LogP contribution is 2.28. The molecule has 1 unspecified atom stereocenters. The number of rotatable bonds is 2. The standard InChI is InChI=1S/C15H15NO3S/c1-19-15(18)11-6-7-16(9-11)14(17)13-8-10-4-2-3-5-12(10)20-13/h2-5,8,11H,6-7,9H2,1H3. The number of nitrogens with zero attached hydrogens (tertiary/aromatic N) is 1. The van der Waals surface area contributed by atoms with Crippen LogP contribution < -0.4 is 0 Å². The van der Waals surface area contributed by atoms with Crippen molar-refractivity contribution >= 4 is 33.3 Å². The number of hydrogen-bond acceptors (Lipinski definition) is 4. The fourth-order valence-corrected chi connectivity index (χ4v) is 3.58. The normalized spacial score (nSPS) is 18.4. The van der Waals surface area contributed by atoms with Crippen LogP contribution in [0.1, 0.15) is 16.1 Å². The molecule has 1 atom stereocenters. The molecule has 3 rings (SSSR count).